The molecule has 1 atom stereocenters. The first-order chi connectivity index (χ1) is 8.22. The summed E-state index contributed by atoms with van der Waals surface area (Å²) in [4.78, 5) is 34.9. The van der Waals surface area contributed by atoms with Crippen molar-refractivity contribution in [3.63, 3.8) is 0 Å². The molecular weight excluding hydrogens is 220 g/mol. The van der Waals surface area contributed by atoms with Crippen molar-refractivity contribution in [2.24, 2.45) is 0 Å². The van der Waals surface area contributed by atoms with Gasteiger partial charge < -0.3 is 5.32 Å². The van der Waals surface area contributed by atoms with Crippen LogP contribution in [-0.2, 0) is 20.9 Å². The molecule has 0 aromatic heterocycles. The van der Waals surface area contributed by atoms with Gasteiger partial charge in [0.2, 0.25) is 12.3 Å². The van der Waals surface area contributed by atoms with Crippen LogP contribution in [0.2, 0.25) is 0 Å². The third-order valence-corrected chi connectivity index (χ3v) is 2.70. The summed E-state index contributed by atoms with van der Waals surface area (Å²) in [7, 11) is 0. The van der Waals surface area contributed by atoms with Crippen LogP contribution in [0.25, 0.3) is 0 Å². The molecule has 88 valence electrons. The third-order valence-electron chi connectivity index (χ3n) is 2.70. The molecule has 1 fully saturated rings. The molecule has 5 nitrogen and oxygen atoms in total. The number of imide groups is 1. The van der Waals surface area contributed by atoms with Crippen molar-refractivity contribution in [2.75, 3.05) is 0 Å². The Hall–Kier alpha value is -2.17. The minimum absolute atomic E-state index is 0.0460. The quantitative estimate of drug-likeness (QED) is 0.589. The Labute approximate surface area is 98.4 Å². The van der Waals surface area contributed by atoms with E-state index in [2.05, 4.69) is 5.32 Å². The van der Waals surface area contributed by atoms with Crippen molar-refractivity contribution in [2.45, 2.75) is 19.0 Å². The van der Waals surface area contributed by atoms with Gasteiger partial charge in [0.15, 0.2) is 0 Å². The fourth-order valence-corrected chi connectivity index (χ4v) is 1.83. The molecule has 1 aromatic rings. The Kier molecular flexibility index (Phi) is 3.18. The molecular formula is C12H12N2O3. The van der Waals surface area contributed by atoms with Crippen LogP contribution in [0.5, 0.6) is 0 Å². The monoisotopic (exact) mass is 232 g/mol. The summed E-state index contributed by atoms with van der Waals surface area (Å²) in [6.07, 6.45) is 0.492. The molecule has 0 unspecified atom stereocenters. The van der Waals surface area contributed by atoms with Crippen molar-refractivity contribution in [1.82, 2.24) is 10.2 Å². The van der Waals surface area contributed by atoms with Gasteiger partial charge in [-0.05, 0) is 5.56 Å². The van der Waals surface area contributed by atoms with E-state index in [-0.39, 0.29) is 24.8 Å². The average Bonchev–Trinajstić information content (AvgIpc) is 2.59. The van der Waals surface area contributed by atoms with Gasteiger partial charge in [0, 0.05) is 0 Å². The summed E-state index contributed by atoms with van der Waals surface area (Å²) >= 11 is 0. The maximum atomic E-state index is 11.8. The second-order valence-corrected chi connectivity index (χ2v) is 3.84. The van der Waals surface area contributed by atoms with E-state index >= 15 is 0 Å². The second-order valence-electron chi connectivity index (χ2n) is 3.84. The molecule has 5 heteroatoms. The zero-order chi connectivity index (χ0) is 12.3. The van der Waals surface area contributed by atoms with Gasteiger partial charge in [-0.3, -0.25) is 19.3 Å². The first-order valence-corrected chi connectivity index (χ1v) is 5.30. The molecule has 0 radical (unpaired) electrons. The van der Waals surface area contributed by atoms with Crippen LogP contribution in [0.3, 0.4) is 0 Å². The van der Waals surface area contributed by atoms with Crippen molar-refractivity contribution in [3.05, 3.63) is 35.9 Å². The highest BCUT2D eigenvalue weighted by Crippen LogP contribution is 2.16. The number of carbonyl (C=O) groups excluding carboxylic acids is 3. The van der Waals surface area contributed by atoms with Gasteiger partial charge in [-0.25, -0.2) is 0 Å². The lowest BCUT2D eigenvalue weighted by molar-refractivity contribution is -0.139. The first-order valence-electron chi connectivity index (χ1n) is 5.30. The highest BCUT2D eigenvalue weighted by atomic mass is 16.2. The van der Waals surface area contributed by atoms with Gasteiger partial charge in [-0.15, -0.1) is 0 Å². The van der Waals surface area contributed by atoms with Crippen LogP contribution >= 0.6 is 0 Å². The zero-order valence-electron chi connectivity index (χ0n) is 9.13. The molecule has 1 saturated heterocycles. The molecule has 1 aliphatic rings. The maximum Gasteiger partial charge on any atom is 0.252 e. The van der Waals surface area contributed by atoms with Gasteiger partial charge in [0.1, 0.15) is 6.04 Å². The smallest absolute Gasteiger partial charge is 0.252 e. The van der Waals surface area contributed by atoms with E-state index in [0.717, 1.165) is 5.56 Å². The first kappa shape index (κ1) is 11.3. The van der Waals surface area contributed by atoms with E-state index in [4.69, 9.17) is 0 Å². The molecule has 1 aliphatic heterocycles. The number of likely N-dealkylation sites (tertiary alicyclic amines) is 1. The number of carbonyl (C=O) groups is 3. The zero-order valence-corrected chi connectivity index (χ0v) is 9.13. The summed E-state index contributed by atoms with van der Waals surface area (Å²) in [5.41, 5.74) is 0.890. The molecule has 0 bridgehead atoms. The summed E-state index contributed by atoms with van der Waals surface area (Å²) in [6.45, 7) is 0.259. The molecule has 1 heterocycles. The summed E-state index contributed by atoms with van der Waals surface area (Å²) in [6, 6.07) is 8.56. The lowest BCUT2D eigenvalue weighted by Crippen LogP contribution is -2.37. The van der Waals surface area contributed by atoms with E-state index in [1.807, 2.05) is 30.3 Å². The van der Waals surface area contributed by atoms with Crippen LogP contribution in [0, 0.1) is 0 Å². The highest BCUT2D eigenvalue weighted by molar-refractivity contribution is 6.06. The van der Waals surface area contributed by atoms with Crippen LogP contribution in [0.15, 0.2) is 30.3 Å². The topological polar surface area (TPSA) is 66.5 Å². The summed E-state index contributed by atoms with van der Waals surface area (Å²) < 4.78 is 0. The van der Waals surface area contributed by atoms with Gasteiger partial charge in [0.05, 0.1) is 13.0 Å². The van der Waals surface area contributed by atoms with Gasteiger partial charge in [0.25, 0.3) is 5.91 Å². The molecule has 1 N–H and O–H groups in total. The number of nitrogens with one attached hydrogen (secondary N) is 1. The van der Waals surface area contributed by atoms with E-state index in [1.54, 1.807) is 0 Å². The Bertz CT molecular complexity index is 444. The van der Waals surface area contributed by atoms with Gasteiger partial charge >= 0.3 is 0 Å². The van der Waals surface area contributed by atoms with Crippen molar-refractivity contribution in [3.8, 4) is 0 Å². The third kappa shape index (κ3) is 2.33. The van der Waals surface area contributed by atoms with E-state index in [1.165, 1.54) is 4.90 Å². The molecule has 2 rings (SSSR count). The van der Waals surface area contributed by atoms with Crippen molar-refractivity contribution in [1.29, 1.82) is 0 Å². The Morgan fingerprint density at radius 3 is 2.65 bits per heavy atom. The largest absolute Gasteiger partial charge is 0.346 e. The number of hydrogen-bond acceptors (Lipinski definition) is 3. The molecule has 0 saturated carbocycles. The Morgan fingerprint density at radius 1 is 1.29 bits per heavy atom. The van der Waals surface area contributed by atoms with E-state index in [0.29, 0.717) is 6.41 Å². The minimum Gasteiger partial charge on any atom is -0.346 e. The van der Waals surface area contributed by atoms with Crippen LogP contribution < -0.4 is 5.32 Å². The molecule has 3 amide bonds. The number of rotatable bonds is 4. The lowest BCUT2D eigenvalue weighted by atomic mass is 10.2. The second kappa shape index (κ2) is 4.78. The van der Waals surface area contributed by atoms with Gasteiger partial charge in [-0.1, -0.05) is 30.3 Å². The van der Waals surface area contributed by atoms with Crippen molar-refractivity contribution < 1.29 is 14.4 Å². The van der Waals surface area contributed by atoms with Crippen LogP contribution in [-0.4, -0.2) is 29.2 Å². The standard InChI is InChI=1S/C12H12N2O3/c15-8-13-10-6-11(16)14(12(10)17)7-9-4-2-1-3-5-9/h1-5,8,10H,6-7H2,(H,13,15)/t10-/m0/s1. The minimum atomic E-state index is -0.705. The molecule has 0 aliphatic carbocycles. The normalized spacial score (nSPS) is 19.5. The molecule has 1 aromatic carbocycles. The number of nitrogens with zero attached hydrogens (tertiary/aromatic N) is 1. The fourth-order valence-electron chi connectivity index (χ4n) is 1.83. The SMILES string of the molecule is O=CN[C@H]1CC(=O)N(Cc2ccccc2)C1=O. The number of benzene rings is 1. The fraction of sp³-hybridized carbons (Fsp3) is 0.250. The predicted octanol–water partition coefficient (Wildman–Crippen LogP) is 0.0601. The lowest BCUT2D eigenvalue weighted by Gasteiger charge is -2.14. The molecule has 0 spiro atoms. The maximum absolute atomic E-state index is 11.8. The summed E-state index contributed by atoms with van der Waals surface area (Å²) in [5.74, 6) is -0.593. The van der Waals surface area contributed by atoms with E-state index < -0.39 is 6.04 Å². The summed E-state index contributed by atoms with van der Waals surface area (Å²) in [5, 5.41) is 2.35. The number of amides is 3. The Morgan fingerprint density at radius 2 is 2.00 bits per heavy atom. The van der Waals surface area contributed by atoms with Crippen molar-refractivity contribution >= 4 is 18.2 Å². The Balaban J connectivity index is 2.09. The molecule has 17 heavy (non-hydrogen) atoms. The predicted molar refractivity (Wildman–Crippen MR) is 59.6 cm³/mol. The van der Waals surface area contributed by atoms with Gasteiger partial charge in [-0.2, -0.15) is 0 Å². The number of hydrogen-bond donors (Lipinski definition) is 1. The van der Waals surface area contributed by atoms with E-state index in [9.17, 15) is 14.4 Å². The highest BCUT2D eigenvalue weighted by Gasteiger charge is 2.38. The van der Waals surface area contributed by atoms with Crippen LogP contribution in [0.1, 0.15) is 12.0 Å². The van der Waals surface area contributed by atoms with Crippen LogP contribution in [0.4, 0.5) is 0 Å². The average molecular weight is 232 g/mol.